The van der Waals surface area contributed by atoms with Crippen molar-refractivity contribution in [2.45, 2.75) is 49.3 Å². The van der Waals surface area contributed by atoms with Crippen molar-refractivity contribution in [3.63, 3.8) is 0 Å². The van der Waals surface area contributed by atoms with E-state index < -0.39 is 0 Å². The fraction of sp³-hybridized carbons (Fsp3) is 0.500. The van der Waals surface area contributed by atoms with Gasteiger partial charge >= 0.3 is 0 Å². The number of likely N-dealkylation sites (tertiary alicyclic amines) is 1. The molecular formula is C18H22N4OS. The van der Waals surface area contributed by atoms with Gasteiger partial charge in [-0.15, -0.1) is 11.8 Å². The topological polar surface area (TPSA) is 51.0 Å². The molecule has 0 unspecified atom stereocenters. The Morgan fingerprint density at radius 1 is 1.29 bits per heavy atom. The minimum Gasteiger partial charge on any atom is -0.340 e. The van der Waals surface area contributed by atoms with Crippen LogP contribution in [0, 0.1) is 13.8 Å². The molecule has 2 atom stereocenters. The first-order chi connectivity index (χ1) is 11.6. The molecule has 2 aromatic rings. The van der Waals surface area contributed by atoms with Crippen LogP contribution in [0.1, 0.15) is 36.1 Å². The van der Waals surface area contributed by atoms with Gasteiger partial charge in [0, 0.05) is 18.0 Å². The molecule has 2 aliphatic heterocycles. The van der Waals surface area contributed by atoms with E-state index in [1.54, 1.807) is 11.8 Å². The highest BCUT2D eigenvalue weighted by Crippen LogP contribution is 2.38. The number of hydrogen-bond acceptors (Lipinski definition) is 4. The maximum absolute atomic E-state index is 13.0. The van der Waals surface area contributed by atoms with Crippen molar-refractivity contribution >= 4 is 17.7 Å². The highest BCUT2D eigenvalue weighted by atomic mass is 32.2. The van der Waals surface area contributed by atoms with Crippen molar-refractivity contribution in [1.29, 1.82) is 0 Å². The number of fused-ring (bicyclic) bond motifs is 1. The van der Waals surface area contributed by atoms with Crippen molar-refractivity contribution in [3.8, 4) is 0 Å². The van der Waals surface area contributed by atoms with Crippen LogP contribution in [0.3, 0.4) is 0 Å². The SMILES string of the molecule is Cc1nc(C)n([C@H]2CCCN(C(=O)[C@@H]3Cc4ccccc4S3)C2)n1. The zero-order valence-electron chi connectivity index (χ0n) is 14.1. The number of hydrogen-bond donors (Lipinski definition) is 0. The molecule has 0 aliphatic carbocycles. The predicted molar refractivity (Wildman–Crippen MR) is 94.1 cm³/mol. The number of benzene rings is 1. The van der Waals surface area contributed by atoms with Crippen molar-refractivity contribution in [1.82, 2.24) is 19.7 Å². The maximum atomic E-state index is 13.0. The largest absolute Gasteiger partial charge is 0.340 e. The Hall–Kier alpha value is -1.82. The fourth-order valence-corrected chi connectivity index (χ4v) is 5.04. The van der Waals surface area contributed by atoms with E-state index >= 15 is 0 Å². The molecule has 6 heteroatoms. The van der Waals surface area contributed by atoms with Gasteiger partial charge in [0.25, 0.3) is 0 Å². The van der Waals surface area contributed by atoms with E-state index in [4.69, 9.17) is 0 Å². The summed E-state index contributed by atoms with van der Waals surface area (Å²) in [6.07, 6.45) is 2.94. The monoisotopic (exact) mass is 342 g/mol. The molecule has 4 rings (SSSR count). The third kappa shape index (κ3) is 2.83. The molecule has 1 fully saturated rings. The summed E-state index contributed by atoms with van der Waals surface area (Å²) >= 11 is 1.72. The number of piperidine rings is 1. The van der Waals surface area contributed by atoms with E-state index in [1.165, 1.54) is 10.5 Å². The van der Waals surface area contributed by atoms with Crippen molar-refractivity contribution < 1.29 is 4.79 Å². The number of aromatic nitrogens is 3. The minimum atomic E-state index is 0.0275. The van der Waals surface area contributed by atoms with Crippen LogP contribution < -0.4 is 0 Å². The van der Waals surface area contributed by atoms with Crippen LogP contribution in [0.5, 0.6) is 0 Å². The average Bonchev–Trinajstić information content (AvgIpc) is 3.17. The first-order valence-corrected chi connectivity index (χ1v) is 9.43. The van der Waals surface area contributed by atoms with Crippen LogP contribution >= 0.6 is 11.8 Å². The van der Waals surface area contributed by atoms with Crippen LogP contribution in [0.4, 0.5) is 0 Å². The molecule has 0 spiro atoms. The van der Waals surface area contributed by atoms with Crippen LogP contribution in [0.2, 0.25) is 0 Å². The third-order valence-electron chi connectivity index (χ3n) is 4.88. The van der Waals surface area contributed by atoms with Crippen LogP contribution in [-0.2, 0) is 11.2 Å². The Bertz CT molecular complexity index is 747. The number of amides is 1. The van der Waals surface area contributed by atoms with E-state index in [0.717, 1.165) is 44.0 Å². The van der Waals surface area contributed by atoms with Gasteiger partial charge in [-0.1, -0.05) is 18.2 Å². The molecule has 0 N–H and O–H groups in total. The number of carbonyl (C=O) groups excluding carboxylic acids is 1. The second-order valence-corrected chi connectivity index (χ2v) is 7.89. The Labute approximate surface area is 146 Å². The van der Waals surface area contributed by atoms with E-state index in [0.29, 0.717) is 0 Å². The number of nitrogens with zero attached hydrogens (tertiary/aromatic N) is 4. The van der Waals surface area contributed by atoms with Crippen molar-refractivity contribution in [2.24, 2.45) is 0 Å². The first kappa shape index (κ1) is 15.7. The standard InChI is InChI=1S/C18H22N4OS/c1-12-19-13(2)22(20-12)15-7-5-9-21(11-15)18(23)17-10-14-6-3-4-8-16(14)24-17/h3-4,6,8,15,17H,5,7,9-11H2,1-2H3/t15-,17-/m0/s1. The van der Waals surface area contributed by atoms with Gasteiger partial charge in [-0.3, -0.25) is 4.79 Å². The number of carbonyl (C=O) groups is 1. The average molecular weight is 342 g/mol. The molecule has 3 heterocycles. The highest BCUT2D eigenvalue weighted by molar-refractivity contribution is 8.01. The second kappa shape index (κ2) is 6.24. The highest BCUT2D eigenvalue weighted by Gasteiger charge is 2.34. The van der Waals surface area contributed by atoms with Crippen LogP contribution in [-0.4, -0.2) is 43.9 Å². The molecule has 1 aromatic carbocycles. The Kier molecular flexibility index (Phi) is 4.08. The zero-order valence-corrected chi connectivity index (χ0v) is 14.9. The van der Waals surface area contributed by atoms with Crippen molar-refractivity contribution in [3.05, 3.63) is 41.5 Å². The van der Waals surface area contributed by atoms with Gasteiger partial charge in [0.05, 0.1) is 11.3 Å². The summed E-state index contributed by atoms with van der Waals surface area (Å²) in [5, 5.41) is 4.55. The molecule has 0 saturated carbocycles. The Morgan fingerprint density at radius 2 is 2.12 bits per heavy atom. The lowest BCUT2D eigenvalue weighted by Gasteiger charge is -2.34. The van der Waals surface area contributed by atoms with Crippen LogP contribution in [0.15, 0.2) is 29.2 Å². The predicted octanol–water partition coefficient (Wildman–Crippen LogP) is 2.78. The molecule has 1 saturated heterocycles. The molecule has 24 heavy (non-hydrogen) atoms. The van der Waals surface area contributed by atoms with Crippen molar-refractivity contribution in [2.75, 3.05) is 13.1 Å². The molecule has 0 bridgehead atoms. The van der Waals surface area contributed by atoms with Crippen LogP contribution in [0.25, 0.3) is 0 Å². The summed E-state index contributed by atoms with van der Waals surface area (Å²) in [6.45, 7) is 5.51. The molecule has 1 amide bonds. The normalized spacial score (nSPS) is 23.3. The van der Waals surface area contributed by atoms with Gasteiger partial charge in [0.15, 0.2) is 0 Å². The number of rotatable bonds is 2. The van der Waals surface area contributed by atoms with Gasteiger partial charge in [-0.2, -0.15) is 5.10 Å². The molecule has 126 valence electrons. The lowest BCUT2D eigenvalue weighted by molar-refractivity contribution is -0.132. The van der Waals surface area contributed by atoms with E-state index in [-0.39, 0.29) is 17.2 Å². The molecule has 5 nitrogen and oxygen atoms in total. The summed E-state index contributed by atoms with van der Waals surface area (Å²) in [6, 6.07) is 8.60. The number of thioether (sulfide) groups is 1. The van der Waals surface area contributed by atoms with E-state index in [1.807, 2.05) is 29.5 Å². The summed E-state index contributed by atoms with van der Waals surface area (Å²) in [5.41, 5.74) is 1.30. The first-order valence-electron chi connectivity index (χ1n) is 8.55. The summed E-state index contributed by atoms with van der Waals surface area (Å²) in [7, 11) is 0. The molecular weight excluding hydrogens is 320 g/mol. The Balaban J connectivity index is 1.47. The van der Waals surface area contributed by atoms with Gasteiger partial charge in [0.2, 0.25) is 5.91 Å². The van der Waals surface area contributed by atoms with Gasteiger partial charge in [-0.25, -0.2) is 9.67 Å². The summed E-state index contributed by atoms with van der Waals surface area (Å²) < 4.78 is 2.01. The molecule has 0 radical (unpaired) electrons. The molecule has 1 aromatic heterocycles. The summed E-state index contributed by atoms with van der Waals surface area (Å²) in [4.78, 5) is 20.7. The third-order valence-corrected chi connectivity index (χ3v) is 6.19. The van der Waals surface area contributed by atoms with E-state index in [9.17, 15) is 4.79 Å². The van der Waals surface area contributed by atoms with Gasteiger partial charge in [0.1, 0.15) is 11.6 Å². The fourth-order valence-electron chi connectivity index (χ4n) is 3.76. The van der Waals surface area contributed by atoms with Gasteiger partial charge < -0.3 is 4.90 Å². The molecule has 2 aliphatic rings. The smallest absolute Gasteiger partial charge is 0.236 e. The maximum Gasteiger partial charge on any atom is 0.236 e. The lowest BCUT2D eigenvalue weighted by Crippen LogP contribution is -2.44. The Morgan fingerprint density at radius 3 is 2.88 bits per heavy atom. The minimum absolute atomic E-state index is 0.0275. The lowest BCUT2D eigenvalue weighted by atomic mass is 10.0. The van der Waals surface area contributed by atoms with Gasteiger partial charge in [-0.05, 0) is 44.7 Å². The number of aryl methyl sites for hydroxylation is 2. The summed E-state index contributed by atoms with van der Waals surface area (Å²) in [5.74, 6) is 2.02. The quantitative estimate of drug-likeness (QED) is 0.842. The zero-order chi connectivity index (χ0) is 16.7. The second-order valence-electron chi connectivity index (χ2n) is 6.65. The van der Waals surface area contributed by atoms with E-state index in [2.05, 4.69) is 28.3 Å².